The SMILES string of the molecule is CN1C(=O)/C(=C/c2c(-c3ccccc3)n(C)c3ccccc23)N(C)C1=S. The predicted octanol–water partition coefficient (Wildman–Crippen LogP) is 3.87. The van der Waals surface area contributed by atoms with Gasteiger partial charge in [-0.3, -0.25) is 9.69 Å². The Kier molecular flexibility index (Phi) is 3.89. The summed E-state index contributed by atoms with van der Waals surface area (Å²) in [6, 6.07) is 18.5. The van der Waals surface area contributed by atoms with Gasteiger partial charge in [-0.25, -0.2) is 0 Å². The van der Waals surface area contributed by atoms with E-state index in [4.69, 9.17) is 12.2 Å². The van der Waals surface area contributed by atoms with E-state index in [0.29, 0.717) is 10.8 Å². The number of hydrogen-bond donors (Lipinski definition) is 0. The highest BCUT2D eigenvalue weighted by Gasteiger charge is 2.33. The lowest BCUT2D eigenvalue weighted by Gasteiger charge is -2.11. The van der Waals surface area contributed by atoms with Crippen molar-refractivity contribution < 1.29 is 4.79 Å². The summed E-state index contributed by atoms with van der Waals surface area (Å²) in [6.07, 6.45) is 1.96. The van der Waals surface area contributed by atoms with Gasteiger partial charge in [0.15, 0.2) is 5.11 Å². The minimum Gasteiger partial charge on any atom is -0.343 e. The van der Waals surface area contributed by atoms with Crippen LogP contribution in [0.1, 0.15) is 5.56 Å². The molecule has 1 aliphatic heterocycles. The van der Waals surface area contributed by atoms with Gasteiger partial charge >= 0.3 is 0 Å². The van der Waals surface area contributed by atoms with Crippen molar-refractivity contribution in [3.8, 4) is 11.3 Å². The molecule has 26 heavy (non-hydrogen) atoms. The number of rotatable bonds is 2. The molecule has 2 aromatic carbocycles. The number of para-hydroxylation sites is 1. The number of benzene rings is 2. The lowest BCUT2D eigenvalue weighted by molar-refractivity contribution is -0.121. The monoisotopic (exact) mass is 361 g/mol. The Bertz CT molecular complexity index is 1070. The largest absolute Gasteiger partial charge is 0.343 e. The van der Waals surface area contributed by atoms with Gasteiger partial charge in [0.1, 0.15) is 5.70 Å². The normalized spacial score (nSPS) is 16.3. The van der Waals surface area contributed by atoms with Crippen LogP contribution in [0, 0.1) is 0 Å². The maximum absolute atomic E-state index is 12.6. The number of carbonyl (C=O) groups is 1. The second-order valence-corrected chi connectivity index (χ2v) is 6.80. The third kappa shape index (κ3) is 2.35. The molecule has 1 amide bonds. The van der Waals surface area contributed by atoms with Crippen molar-refractivity contribution in [3.63, 3.8) is 0 Å². The van der Waals surface area contributed by atoms with E-state index in [2.05, 4.69) is 35.9 Å². The Morgan fingerprint density at radius 3 is 2.19 bits per heavy atom. The molecule has 5 heteroatoms. The number of fused-ring (bicyclic) bond motifs is 1. The number of likely N-dealkylation sites (N-methyl/N-ethyl adjacent to an activating group) is 2. The van der Waals surface area contributed by atoms with Crippen LogP contribution in [0.5, 0.6) is 0 Å². The second kappa shape index (κ2) is 6.11. The van der Waals surface area contributed by atoms with Gasteiger partial charge in [0.2, 0.25) is 0 Å². The van der Waals surface area contributed by atoms with E-state index in [-0.39, 0.29) is 5.91 Å². The summed E-state index contributed by atoms with van der Waals surface area (Å²) < 4.78 is 2.18. The maximum atomic E-state index is 12.6. The predicted molar refractivity (Wildman–Crippen MR) is 109 cm³/mol. The van der Waals surface area contributed by atoms with E-state index in [1.165, 1.54) is 4.90 Å². The molecule has 4 nitrogen and oxygen atoms in total. The van der Waals surface area contributed by atoms with Gasteiger partial charge in [-0.1, -0.05) is 48.5 Å². The molecule has 0 unspecified atom stereocenters. The van der Waals surface area contributed by atoms with Crippen molar-refractivity contribution in [2.75, 3.05) is 14.1 Å². The number of thiocarbonyl (C=S) groups is 1. The number of aryl methyl sites for hydroxylation is 1. The van der Waals surface area contributed by atoms with Crippen LogP contribution >= 0.6 is 12.2 Å². The van der Waals surface area contributed by atoms with Gasteiger partial charge in [0, 0.05) is 37.6 Å². The molecule has 0 spiro atoms. The van der Waals surface area contributed by atoms with Crippen LogP contribution in [0.2, 0.25) is 0 Å². The van der Waals surface area contributed by atoms with Gasteiger partial charge in [-0.05, 0) is 29.9 Å². The van der Waals surface area contributed by atoms with Gasteiger partial charge in [-0.2, -0.15) is 0 Å². The molecule has 4 rings (SSSR count). The first-order valence-corrected chi connectivity index (χ1v) is 8.82. The molecular formula is C21H19N3OS. The molecule has 3 aromatic rings. The first-order chi connectivity index (χ1) is 12.5. The van der Waals surface area contributed by atoms with Crippen LogP contribution < -0.4 is 0 Å². The molecule has 1 aliphatic rings. The molecule has 0 bridgehead atoms. The Morgan fingerprint density at radius 1 is 0.885 bits per heavy atom. The summed E-state index contributed by atoms with van der Waals surface area (Å²) in [6.45, 7) is 0. The van der Waals surface area contributed by atoms with E-state index in [9.17, 15) is 4.79 Å². The Labute approximate surface area is 157 Å². The zero-order valence-electron chi connectivity index (χ0n) is 14.9. The van der Waals surface area contributed by atoms with Crippen LogP contribution in [-0.4, -0.2) is 39.5 Å². The Balaban J connectivity index is 2.02. The first-order valence-electron chi connectivity index (χ1n) is 8.41. The molecule has 0 aliphatic carbocycles. The Hall–Kier alpha value is -2.92. The lowest BCUT2D eigenvalue weighted by atomic mass is 10.0. The molecule has 0 atom stereocenters. The van der Waals surface area contributed by atoms with Gasteiger partial charge in [-0.15, -0.1) is 0 Å². The molecule has 0 N–H and O–H groups in total. The van der Waals surface area contributed by atoms with E-state index in [1.54, 1.807) is 11.9 Å². The third-order valence-electron chi connectivity index (χ3n) is 4.93. The summed E-state index contributed by atoms with van der Waals surface area (Å²) in [7, 11) is 5.61. The topological polar surface area (TPSA) is 28.5 Å². The number of nitrogens with zero attached hydrogens (tertiary/aromatic N) is 3. The number of hydrogen-bond acceptors (Lipinski definition) is 2. The summed E-state index contributed by atoms with van der Waals surface area (Å²) >= 11 is 5.35. The zero-order chi connectivity index (χ0) is 18.4. The number of aromatic nitrogens is 1. The fourth-order valence-corrected chi connectivity index (χ4v) is 3.72. The first kappa shape index (κ1) is 16.5. The number of amides is 1. The van der Waals surface area contributed by atoms with Gasteiger partial charge < -0.3 is 9.47 Å². The van der Waals surface area contributed by atoms with Crippen LogP contribution in [0.25, 0.3) is 28.2 Å². The molecular weight excluding hydrogens is 342 g/mol. The van der Waals surface area contributed by atoms with Crippen molar-refractivity contribution >= 4 is 40.2 Å². The summed E-state index contributed by atoms with van der Waals surface area (Å²) in [5.74, 6) is -0.0792. The number of carbonyl (C=O) groups excluding carboxylic acids is 1. The van der Waals surface area contributed by atoms with Crippen molar-refractivity contribution in [1.82, 2.24) is 14.4 Å². The van der Waals surface area contributed by atoms with Crippen LogP contribution in [-0.2, 0) is 11.8 Å². The second-order valence-electron chi connectivity index (χ2n) is 6.44. The molecule has 0 radical (unpaired) electrons. The summed E-state index contributed by atoms with van der Waals surface area (Å²) in [5.41, 5.74) is 4.94. The highest BCUT2D eigenvalue weighted by atomic mass is 32.1. The maximum Gasteiger partial charge on any atom is 0.276 e. The van der Waals surface area contributed by atoms with E-state index < -0.39 is 0 Å². The van der Waals surface area contributed by atoms with Crippen LogP contribution in [0.15, 0.2) is 60.3 Å². The summed E-state index contributed by atoms with van der Waals surface area (Å²) in [4.78, 5) is 15.9. The van der Waals surface area contributed by atoms with Crippen molar-refractivity contribution in [1.29, 1.82) is 0 Å². The van der Waals surface area contributed by atoms with E-state index in [0.717, 1.165) is 27.7 Å². The van der Waals surface area contributed by atoms with Crippen molar-refractivity contribution in [3.05, 3.63) is 65.9 Å². The average molecular weight is 361 g/mol. The molecule has 1 saturated heterocycles. The quantitative estimate of drug-likeness (QED) is 0.512. The van der Waals surface area contributed by atoms with Crippen LogP contribution in [0.3, 0.4) is 0 Å². The van der Waals surface area contributed by atoms with Crippen molar-refractivity contribution in [2.45, 2.75) is 0 Å². The third-order valence-corrected chi connectivity index (χ3v) is 5.48. The summed E-state index contributed by atoms with van der Waals surface area (Å²) in [5, 5.41) is 1.63. The molecule has 1 fully saturated rings. The highest BCUT2D eigenvalue weighted by molar-refractivity contribution is 7.80. The highest BCUT2D eigenvalue weighted by Crippen LogP contribution is 2.35. The van der Waals surface area contributed by atoms with Gasteiger partial charge in [0.05, 0.1) is 5.69 Å². The van der Waals surface area contributed by atoms with Crippen LogP contribution in [0.4, 0.5) is 0 Å². The molecule has 0 saturated carbocycles. The molecule has 2 heterocycles. The van der Waals surface area contributed by atoms with E-state index in [1.807, 2.05) is 43.5 Å². The lowest BCUT2D eigenvalue weighted by Crippen LogP contribution is -2.26. The fourth-order valence-electron chi connectivity index (χ4n) is 3.54. The van der Waals surface area contributed by atoms with Gasteiger partial charge in [0.25, 0.3) is 5.91 Å². The zero-order valence-corrected chi connectivity index (χ0v) is 15.7. The smallest absolute Gasteiger partial charge is 0.276 e. The minimum absolute atomic E-state index is 0.0792. The molecule has 130 valence electrons. The average Bonchev–Trinajstić information content (AvgIpc) is 3.05. The standard InChI is InChI=1S/C21H19N3OS/c1-22-17-12-8-7-11-15(17)16(19(22)14-9-5-4-6-10-14)13-18-20(25)24(3)21(26)23(18)2/h4-13H,1-3H3/b18-13-. The Morgan fingerprint density at radius 2 is 1.54 bits per heavy atom. The molecule has 1 aromatic heterocycles. The van der Waals surface area contributed by atoms with E-state index >= 15 is 0 Å². The minimum atomic E-state index is -0.0792. The van der Waals surface area contributed by atoms with Crippen molar-refractivity contribution in [2.24, 2.45) is 7.05 Å². The fraction of sp³-hybridized carbons (Fsp3) is 0.143.